The van der Waals surface area contributed by atoms with Crippen LogP contribution in [0.2, 0.25) is 0 Å². The molecule has 0 radical (unpaired) electrons. The van der Waals surface area contributed by atoms with Crippen molar-refractivity contribution in [2.75, 3.05) is 6.61 Å². The second kappa shape index (κ2) is 12.1. The first-order chi connectivity index (χ1) is 14.9. The van der Waals surface area contributed by atoms with Gasteiger partial charge in [-0.2, -0.15) is 0 Å². The summed E-state index contributed by atoms with van der Waals surface area (Å²) in [6.45, 7) is 10.3. The fourth-order valence-electron chi connectivity index (χ4n) is 3.42. The molecule has 1 N–H and O–H groups in total. The van der Waals surface area contributed by atoms with E-state index in [4.69, 9.17) is 4.74 Å². The number of nitrogens with zero attached hydrogens (tertiary/aromatic N) is 1. The molecule has 2 rings (SSSR count). The third-order valence-corrected chi connectivity index (χ3v) is 5.52. The number of carbonyl (C=O) groups excluding carboxylic acids is 2. The summed E-state index contributed by atoms with van der Waals surface area (Å²) in [5, 5.41) is 3.03. The lowest BCUT2D eigenvalue weighted by atomic mass is 10.1. The van der Waals surface area contributed by atoms with Crippen molar-refractivity contribution < 1.29 is 14.3 Å². The van der Waals surface area contributed by atoms with Crippen LogP contribution in [-0.2, 0) is 22.6 Å². The van der Waals surface area contributed by atoms with E-state index in [0.717, 1.165) is 24.0 Å². The SMILES string of the molecule is CCc1ccc(OCC(=O)N(Cc2cccc(C)c2)C(CC)C(=O)NC(C)CC)cc1. The molecule has 5 heteroatoms. The van der Waals surface area contributed by atoms with Crippen LogP contribution in [0.5, 0.6) is 5.75 Å². The van der Waals surface area contributed by atoms with Crippen LogP contribution < -0.4 is 10.1 Å². The molecular weight excluding hydrogens is 388 g/mol. The summed E-state index contributed by atoms with van der Waals surface area (Å²) >= 11 is 0. The van der Waals surface area contributed by atoms with Gasteiger partial charge in [-0.05, 0) is 56.4 Å². The maximum Gasteiger partial charge on any atom is 0.261 e. The van der Waals surface area contributed by atoms with E-state index < -0.39 is 6.04 Å². The number of benzene rings is 2. The summed E-state index contributed by atoms with van der Waals surface area (Å²) in [7, 11) is 0. The number of rotatable bonds is 11. The molecule has 0 heterocycles. The van der Waals surface area contributed by atoms with Gasteiger partial charge in [-0.3, -0.25) is 9.59 Å². The maximum atomic E-state index is 13.2. The molecule has 0 fully saturated rings. The zero-order valence-corrected chi connectivity index (χ0v) is 19.5. The standard InChI is InChI=1S/C26H36N2O3/c1-6-20(5)27-26(30)24(8-3)28(17-22-11-9-10-19(4)16-22)25(29)18-31-23-14-12-21(7-2)13-15-23/h9-16,20,24H,6-8,17-18H2,1-5H3,(H,27,30). The highest BCUT2D eigenvalue weighted by Crippen LogP contribution is 2.16. The van der Waals surface area contributed by atoms with Gasteiger partial charge in [0.2, 0.25) is 5.91 Å². The number of aryl methyl sites for hydroxylation is 2. The van der Waals surface area contributed by atoms with Crippen molar-refractivity contribution in [2.45, 2.75) is 72.5 Å². The van der Waals surface area contributed by atoms with Crippen LogP contribution in [0.3, 0.4) is 0 Å². The summed E-state index contributed by atoms with van der Waals surface area (Å²) in [5.74, 6) is 0.329. The van der Waals surface area contributed by atoms with Gasteiger partial charge < -0.3 is 15.0 Å². The summed E-state index contributed by atoms with van der Waals surface area (Å²) in [6, 6.07) is 15.3. The van der Waals surface area contributed by atoms with Crippen LogP contribution in [0.1, 0.15) is 57.2 Å². The zero-order valence-electron chi connectivity index (χ0n) is 19.5. The number of hydrogen-bond donors (Lipinski definition) is 1. The van der Waals surface area contributed by atoms with E-state index >= 15 is 0 Å². The van der Waals surface area contributed by atoms with Crippen molar-refractivity contribution in [1.29, 1.82) is 0 Å². The van der Waals surface area contributed by atoms with Crippen molar-refractivity contribution in [3.05, 3.63) is 65.2 Å². The first kappa shape index (κ1) is 24.4. The van der Waals surface area contributed by atoms with E-state index in [1.54, 1.807) is 4.90 Å². The summed E-state index contributed by atoms with van der Waals surface area (Å²) in [6.07, 6.45) is 2.32. The Morgan fingerprint density at radius 2 is 1.71 bits per heavy atom. The predicted octanol–water partition coefficient (Wildman–Crippen LogP) is 4.66. The van der Waals surface area contributed by atoms with Gasteiger partial charge in [0.15, 0.2) is 6.61 Å². The van der Waals surface area contributed by atoms with Crippen molar-refractivity contribution in [1.82, 2.24) is 10.2 Å². The molecule has 168 valence electrons. The lowest BCUT2D eigenvalue weighted by Crippen LogP contribution is -2.51. The Kier molecular flexibility index (Phi) is 9.57. The molecule has 5 nitrogen and oxygen atoms in total. The molecule has 0 aliphatic heterocycles. The van der Waals surface area contributed by atoms with Gasteiger partial charge >= 0.3 is 0 Å². The minimum absolute atomic E-state index is 0.0609. The minimum Gasteiger partial charge on any atom is -0.484 e. The van der Waals surface area contributed by atoms with Crippen molar-refractivity contribution in [2.24, 2.45) is 0 Å². The smallest absolute Gasteiger partial charge is 0.261 e. The van der Waals surface area contributed by atoms with Crippen molar-refractivity contribution in [3.8, 4) is 5.75 Å². The fourth-order valence-corrected chi connectivity index (χ4v) is 3.42. The molecule has 0 aromatic heterocycles. The Balaban J connectivity index is 2.19. The maximum absolute atomic E-state index is 13.2. The number of ether oxygens (including phenoxy) is 1. The molecule has 0 saturated heterocycles. The monoisotopic (exact) mass is 424 g/mol. The fraction of sp³-hybridized carbons (Fsp3) is 0.462. The highest BCUT2D eigenvalue weighted by Gasteiger charge is 2.29. The molecule has 2 unspecified atom stereocenters. The number of amides is 2. The Morgan fingerprint density at radius 3 is 2.29 bits per heavy atom. The van der Waals surface area contributed by atoms with E-state index in [1.807, 2.05) is 76.2 Å². The molecule has 0 aliphatic rings. The first-order valence-corrected chi connectivity index (χ1v) is 11.2. The van der Waals surface area contributed by atoms with E-state index in [9.17, 15) is 9.59 Å². The zero-order chi connectivity index (χ0) is 22.8. The van der Waals surface area contributed by atoms with Crippen LogP contribution in [0.15, 0.2) is 48.5 Å². The molecule has 2 aromatic carbocycles. The van der Waals surface area contributed by atoms with Crippen LogP contribution in [0.25, 0.3) is 0 Å². The summed E-state index contributed by atoms with van der Waals surface area (Å²) in [5.41, 5.74) is 3.33. The third kappa shape index (κ3) is 7.42. The molecule has 2 aromatic rings. The number of carbonyl (C=O) groups is 2. The third-order valence-electron chi connectivity index (χ3n) is 5.52. The molecule has 2 amide bonds. The van der Waals surface area contributed by atoms with Crippen LogP contribution in [-0.4, -0.2) is 35.4 Å². The Bertz CT molecular complexity index is 848. The second-order valence-corrected chi connectivity index (χ2v) is 8.04. The first-order valence-electron chi connectivity index (χ1n) is 11.2. The highest BCUT2D eigenvalue weighted by molar-refractivity contribution is 5.88. The van der Waals surface area contributed by atoms with E-state index in [2.05, 4.69) is 12.2 Å². The average Bonchev–Trinajstić information content (AvgIpc) is 2.77. The topological polar surface area (TPSA) is 58.6 Å². The van der Waals surface area contributed by atoms with Gasteiger partial charge in [-0.1, -0.05) is 62.7 Å². The lowest BCUT2D eigenvalue weighted by molar-refractivity contribution is -0.143. The Labute approximate surface area is 186 Å². The van der Waals surface area contributed by atoms with Gasteiger partial charge in [0.05, 0.1) is 0 Å². The quantitative estimate of drug-likeness (QED) is 0.571. The summed E-state index contributed by atoms with van der Waals surface area (Å²) in [4.78, 5) is 27.8. The van der Waals surface area contributed by atoms with Crippen LogP contribution in [0, 0.1) is 6.92 Å². The molecule has 2 atom stereocenters. The molecule has 0 aliphatic carbocycles. The lowest BCUT2D eigenvalue weighted by Gasteiger charge is -2.31. The van der Waals surface area contributed by atoms with Gasteiger partial charge in [0.1, 0.15) is 11.8 Å². The van der Waals surface area contributed by atoms with E-state index in [-0.39, 0.29) is 24.5 Å². The van der Waals surface area contributed by atoms with Crippen molar-refractivity contribution in [3.63, 3.8) is 0 Å². The van der Waals surface area contributed by atoms with Crippen molar-refractivity contribution >= 4 is 11.8 Å². The molecule has 0 bridgehead atoms. The minimum atomic E-state index is -0.548. The molecular formula is C26H36N2O3. The van der Waals surface area contributed by atoms with Crippen LogP contribution in [0.4, 0.5) is 0 Å². The molecule has 0 saturated carbocycles. The number of hydrogen-bond acceptors (Lipinski definition) is 3. The highest BCUT2D eigenvalue weighted by atomic mass is 16.5. The molecule has 0 spiro atoms. The summed E-state index contributed by atoms with van der Waals surface area (Å²) < 4.78 is 5.76. The average molecular weight is 425 g/mol. The van der Waals surface area contributed by atoms with E-state index in [0.29, 0.717) is 18.7 Å². The van der Waals surface area contributed by atoms with Gasteiger partial charge in [-0.25, -0.2) is 0 Å². The van der Waals surface area contributed by atoms with E-state index in [1.165, 1.54) is 5.56 Å². The largest absolute Gasteiger partial charge is 0.484 e. The second-order valence-electron chi connectivity index (χ2n) is 8.04. The molecule has 31 heavy (non-hydrogen) atoms. The number of nitrogens with one attached hydrogen (secondary N) is 1. The Morgan fingerprint density at radius 1 is 1.00 bits per heavy atom. The Hall–Kier alpha value is -2.82. The van der Waals surface area contributed by atoms with Gasteiger partial charge in [0.25, 0.3) is 5.91 Å². The normalized spacial score (nSPS) is 12.7. The van der Waals surface area contributed by atoms with Gasteiger partial charge in [-0.15, -0.1) is 0 Å². The van der Waals surface area contributed by atoms with Gasteiger partial charge in [0, 0.05) is 12.6 Å². The van der Waals surface area contributed by atoms with Crippen LogP contribution >= 0.6 is 0 Å². The predicted molar refractivity (Wildman–Crippen MR) is 125 cm³/mol.